The fraction of sp³-hybridized carbons (Fsp3) is 0.455. The first kappa shape index (κ1) is 12.4. The van der Waals surface area contributed by atoms with Crippen molar-refractivity contribution in [2.24, 2.45) is 0 Å². The Kier molecular flexibility index (Phi) is 3.84. The summed E-state index contributed by atoms with van der Waals surface area (Å²) in [6, 6.07) is 2.74. The SMILES string of the molecule is CCC(C)(CO)NC(=O)c1cc[nH]c(=O)c1. The number of carbonyl (C=O) groups excluding carboxylic acids is 1. The second-order valence-electron chi connectivity index (χ2n) is 3.97. The predicted molar refractivity (Wildman–Crippen MR) is 60.3 cm³/mol. The molecule has 0 saturated carbocycles. The first-order valence-electron chi connectivity index (χ1n) is 5.13. The van der Waals surface area contributed by atoms with Crippen molar-refractivity contribution in [3.8, 4) is 0 Å². The maximum atomic E-state index is 11.8. The van der Waals surface area contributed by atoms with Crippen LogP contribution in [0.1, 0.15) is 30.6 Å². The lowest BCUT2D eigenvalue weighted by Crippen LogP contribution is -2.48. The Morgan fingerprint density at radius 2 is 2.31 bits per heavy atom. The number of aromatic nitrogens is 1. The number of aliphatic hydroxyl groups is 1. The van der Waals surface area contributed by atoms with E-state index in [1.807, 2.05) is 6.92 Å². The summed E-state index contributed by atoms with van der Waals surface area (Å²) in [5.41, 5.74) is -0.689. The molecule has 1 atom stereocenters. The molecule has 5 nitrogen and oxygen atoms in total. The summed E-state index contributed by atoms with van der Waals surface area (Å²) in [7, 11) is 0. The molecule has 1 aromatic heterocycles. The molecule has 1 rings (SSSR count). The first-order valence-corrected chi connectivity index (χ1v) is 5.13. The van der Waals surface area contributed by atoms with E-state index in [4.69, 9.17) is 5.11 Å². The standard InChI is InChI=1S/C11H16N2O3/c1-3-11(2,7-14)13-10(16)8-4-5-12-9(15)6-8/h4-6,14H,3,7H2,1-2H3,(H,12,15)(H,13,16). The zero-order valence-electron chi connectivity index (χ0n) is 9.41. The second-order valence-corrected chi connectivity index (χ2v) is 3.97. The minimum absolute atomic E-state index is 0.140. The molecule has 16 heavy (non-hydrogen) atoms. The van der Waals surface area contributed by atoms with Crippen molar-refractivity contribution in [2.75, 3.05) is 6.61 Å². The molecule has 0 spiro atoms. The fourth-order valence-corrected chi connectivity index (χ4v) is 1.17. The predicted octanol–water partition coefficient (Wildman–Crippen LogP) is 0.266. The molecule has 1 aromatic rings. The van der Waals surface area contributed by atoms with Crippen LogP contribution in [0.5, 0.6) is 0 Å². The van der Waals surface area contributed by atoms with Crippen LogP contribution >= 0.6 is 0 Å². The van der Waals surface area contributed by atoms with Gasteiger partial charge >= 0.3 is 0 Å². The van der Waals surface area contributed by atoms with Gasteiger partial charge < -0.3 is 15.4 Å². The molecular weight excluding hydrogens is 208 g/mol. The molecule has 88 valence electrons. The van der Waals surface area contributed by atoms with Crippen LogP contribution in [-0.2, 0) is 0 Å². The van der Waals surface area contributed by atoms with Crippen LogP contribution in [0.3, 0.4) is 0 Å². The highest BCUT2D eigenvalue weighted by atomic mass is 16.3. The summed E-state index contributed by atoms with van der Waals surface area (Å²) < 4.78 is 0. The molecule has 3 N–H and O–H groups in total. The van der Waals surface area contributed by atoms with Crippen LogP contribution in [0.4, 0.5) is 0 Å². The minimum Gasteiger partial charge on any atom is -0.394 e. The lowest BCUT2D eigenvalue weighted by Gasteiger charge is -2.27. The van der Waals surface area contributed by atoms with Crippen molar-refractivity contribution in [3.05, 3.63) is 34.2 Å². The van der Waals surface area contributed by atoms with Crippen molar-refractivity contribution in [1.29, 1.82) is 0 Å². The van der Waals surface area contributed by atoms with E-state index in [0.717, 1.165) is 0 Å². The number of rotatable bonds is 4. The lowest BCUT2D eigenvalue weighted by atomic mass is 10.00. The fourth-order valence-electron chi connectivity index (χ4n) is 1.17. The van der Waals surface area contributed by atoms with Gasteiger partial charge in [-0.15, -0.1) is 0 Å². The highest BCUT2D eigenvalue weighted by Gasteiger charge is 2.23. The number of aromatic amines is 1. The maximum absolute atomic E-state index is 11.8. The molecule has 0 saturated heterocycles. The highest BCUT2D eigenvalue weighted by Crippen LogP contribution is 2.08. The Hall–Kier alpha value is -1.62. The molecule has 0 bridgehead atoms. The van der Waals surface area contributed by atoms with Gasteiger partial charge in [0.05, 0.1) is 12.1 Å². The Morgan fingerprint density at radius 3 is 2.81 bits per heavy atom. The first-order chi connectivity index (χ1) is 7.50. The zero-order chi connectivity index (χ0) is 12.2. The normalized spacial score (nSPS) is 14.2. The van der Waals surface area contributed by atoms with E-state index < -0.39 is 5.54 Å². The largest absolute Gasteiger partial charge is 0.394 e. The third-order valence-electron chi connectivity index (χ3n) is 2.58. The van der Waals surface area contributed by atoms with Crippen LogP contribution < -0.4 is 10.9 Å². The van der Waals surface area contributed by atoms with E-state index in [-0.39, 0.29) is 23.6 Å². The van der Waals surface area contributed by atoms with Gasteiger partial charge in [-0.1, -0.05) is 6.92 Å². The van der Waals surface area contributed by atoms with E-state index in [1.54, 1.807) is 6.92 Å². The summed E-state index contributed by atoms with van der Waals surface area (Å²) in [5.74, 6) is -0.357. The summed E-state index contributed by atoms with van der Waals surface area (Å²) in [6.45, 7) is 3.48. The van der Waals surface area contributed by atoms with Gasteiger partial charge in [0.1, 0.15) is 0 Å². The van der Waals surface area contributed by atoms with E-state index >= 15 is 0 Å². The van der Waals surface area contributed by atoms with Crippen LogP contribution in [-0.4, -0.2) is 28.1 Å². The quantitative estimate of drug-likeness (QED) is 0.686. The van der Waals surface area contributed by atoms with Crippen LogP contribution in [0.25, 0.3) is 0 Å². The number of pyridine rings is 1. The van der Waals surface area contributed by atoms with E-state index in [0.29, 0.717) is 6.42 Å². The van der Waals surface area contributed by atoms with E-state index in [1.165, 1.54) is 18.3 Å². The molecule has 0 aliphatic rings. The van der Waals surface area contributed by atoms with Crippen molar-refractivity contribution in [2.45, 2.75) is 25.8 Å². The second kappa shape index (κ2) is 4.94. The Morgan fingerprint density at radius 1 is 1.62 bits per heavy atom. The van der Waals surface area contributed by atoms with Crippen LogP contribution in [0.2, 0.25) is 0 Å². The number of carbonyl (C=O) groups is 1. The molecular formula is C11H16N2O3. The summed E-state index contributed by atoms with van der Waals surface area (Å²) in [6.07, 6.45) is 2.03. The average molecular weight is 224 g/mol. The van der Waals surface area contributed by atoms with Crippen LogP contribution in [0, 0.1) is 0 Å². The maximum Gasteiger partial charge on any atom is 0.252 e. The number of H-pyrrole nitrogens is 1. The van der Waals surface area contributed by atoms with Gasteiger partial charge in [0.15, 0.2) is 0 Å². The van der Waals surface area contributed by atoms with E-state index in [9.17, 15) is 9.59 Å². The molecule has 0 aromatic carbocycles. The zero-order valence-corrected chi connectivity index (χ0v) is 9.41. The minimum atomic E-state index is -0.653. The number of hydrogen-bond acceptors (Lipinski definition) is 3. The summed E-state index contributed by atoms with van der Waals surface area (Å²) >= 11 is 0. The average Bonchev–Trinajstić information content (AvgIpc) is 2.29. The monoisotopic (exact) mass is 224 g/mol. The van der Waals surface area contributed by atoms with Crippen molar-refractivity contribution < 1.29 is 9.90 Å². The number of nitrogens with one attached hydrogen (secondary N) is 2. The highest BCUT2D eigenvalue weighted by molar-refractivity contribution is 5.94. The van der Waals surface area contributed by atoms with Crippen molar-refractivity contribution in [3.63, 3.8) is 0 Å². The summed E-state index contributed by atoms with van der Waals surface area (Å²) in [5, 5.41) is 11.8. The number of amides is 1. The van der Waals surface area contributed by atoms with Crippen molar-refractivity contribution in [1.82, 2.24) is 10.3 Å². The van der Waals surface area contributed by atoms with Gasteiger partial charge in [-0.3, -0.25) is 9.59 Å². The van der Waals surface area contributed by atoms with Gasteiger partial charge in [-0.2, -0.15) is 0 Å². The molecule has 0 radical (unpaired) electrons. The molecule has 0 fully saturated rings. The van der Waals surface area contributed by atoms with Crippen LogP contribution in [0.15, 0.2) is 23.1 Å². The molecule has 1 heterocycles. The third kappa shape index (κ3) is 2.93. The Labute approximate surface area is 93.5 Å². The lowest BCUT2D eigenvalue weighted by molar-refractivity contribution is 0.0847. The Bertz CT molecular complexity index is 421. The van der Waals surface area contributed by atoms with Gasteiger partial charge in [-0.05, 0) is 19.4 Å². The molecule has 1 amide bonds. The van der Waals surface area contributed by atoms with Gasteiger partial charge in [-0.25, -0.2) is 0 Å². The molecule has 0 aliphatic carbocycles. The van der Waals surface area contributed by atoms with Crippen molar-refractivity contribution >= 4 is 5.91 Å². The van der Waals surface area contributed by atoms with E-state index in [2.05, 4.69) is 10.3 Å². The van der Waals surface area contributed by atoms with Gasteiger partial charge in [0.2, 0.25) is 5.56 Å². The third-order valence-corrected chi connectivity index (χ3v) is 2.58. The van der Waals surface area contributed by atoms with Gasteiger partial charge in [0, 0.05) is 17.8 Å². The topological polar surface area (TPSA) is 82.2 Å². The Balaban J connectivity index is 2.84. The number of aliphatic hydroxyl groups excluding tert-OH is 1. The molecule has 1 unspecified atom stereocenters. The molecule has 0 aliphatic heterocycles. The smallest absolute Gasteiger partial charge is 0.252 e. The summed E-state index contributed by atoms with van der Waals surface area (Å²) in [4.78, 5) is 25.2. The number of hydrogen-bond donors (Lipinski definition) is 3. The van der Waals surface area contributed by atoms with Gasteiger partial charge in [0.25, 0.3) is 5.91 Å². The molecule has 5 heteroatoms.